The first-order chi connectivity index (χ1) is 8.81. The summed E-state index contributed by atoms with van der Waals surface area (Å²) >= 11 is 0.860. The molecule has 0 saturated heterocycles. The summed E-state index contributed by atoms with van der Waals surface area (Å²) in [5.74, 6) is -1.30. The molecule has 8 heteroatoms. The molecule has 1 aromatic heterocycles. The normalized spacial score (nSPS) is 17.1. The molecule has 19 heavy (non-hydrogen) atoms. The summed E-state index contributed by atoms with van der Waals surface area (Å²) in [6.07, 6.45) is 0.869. The summed E-state index contributed by atoms with van der Waals surface area (Å²) in [6.45, 7) is 1.69. The van der Waals surface area contributed by atoms with Crippen LogP contribution in [0.5, 0.6) is 0 Å². The van der Waals surface area contributed by atoms with Gasteiger partial charge < -0.3 is 5.11 Å². The van der Waals surface area contributed by atoms with E-state index in [2.05, 4.69) is 4.72 Å². The third-order valence-electron chi connectivity index (χ3n) is 2.93. The van der Waals surface area contributed by atoms with E-state index in [-0.39, 0.29) is 22.8 Å². The molecule has 1 aromatic rings. The van der Waals surface area contributed by atoms with Crippen molar-refractivity contribution < 1.29 is 23.1 Å². The predicted octanol–water partition coefficient (Wildman–Crippen LogP) is 1.24. The van der Waals surface area contributed by atoms with E-state index in [9.17, 15) is 18.0 Å². The molecule has 0 aliphatic heterocycles. The molecule has 1 aliphatic rings. The van der Waals surface area contributed by atoms with Gasteiger partial charge in [0.2, 0.25) is 0 Å². The van der Waals surface area contributed by atoms with Crippen molar-refractivity contribution in [2.75, 3.05) is 0 Å². The number of nitrogens with one attached hydrogen (secondary N) is 1. The highest BCUT2D eigenvalue weighted by Gasteiger charge is 2.53. The Morgan fingerprint density at radius 3 is 2.53 bits per heavy atom. The molecule has 0 spiro atoms. The van der Waals surface area contributed by atoms with Gasteiger partial charge in [0.05, 0.1) is 4.88 Å². The molecule has 2 N–H and O–H groups in total. The van der Waals surface area contributed by atoms with E-state index in [4.69, 9.17) is 5.11 Å². The molecule has 2 rings (SSSR count). The average molecular weight is 303 g/mol. The fraction of sp³-hybridized carbons (Fsp3) is 0.455. The summed E-state index contributed by atoms with van der Waals surface area (Å²) in [4.78, 5) is 22.8. The second-order valence-electron chi connectivity index (χ2n) is 4.39. The predicted molar refractivity (Wildman–Crippen MR) is 68.9 cm³/mol. The zero-order chi connectivity index (χ0) is 14.3. The highest BCUT2D eigenvalue weighted by atomic mass is 32.2. The minimum atomic E-state index is -3.89. The van der Waals surface area contributed by atoms with Gasteiger partial charge in [-0.1, -0.05) is 6.92 Å². The zero-order valence-electron chi connectivity index (χ0n) is 10.2. The Labute approximate surface area is 114 Å². The Hall–Kier alpha value is -1.25. The van der Waals surface area contributed by atoms with Crippen LogP contribution in [0.25, 0.3) is 0 Å². The van der Waals surface area contributed by atoms with Gasteiger partial charge >= 0.3 is 5.97 Å². The van der Waals surface area contributed by atoms with E-state index in [0.717, 1.165) is 11.3 Å². The number of ketones is 1. The van der Waals surface area contributed by atoms with Crippen LogP contribution in [0.1, 0.15) is 35.9 Å². The Morgan fingerprint density at radius 1 is 1.42 bits per heavy atom. The molecule has 6 nitrogen and oxygen atoms in total. The van der Waals surface area contributed by atoms with Gasteiger partial charge in [0.25, 0.3) is 10.0 Å². The van der Waals surface area contributed by atoms with Crippen molar-refractivity contribution in [3.05, 3.63) is 17.0 Å². The Kier molecular flexibility index (Phi) is 3.50. The van der Waals surface area contributed by atoms with E-state index in [1.165, 1.54) is 12.1 Å². The van der Waals surface area contributed by atoms with Gasteiger partial charge in [0, 0.05) is 6.42 Å². The molecule has 1 heterocycles. The smallest absolute Gasteiger partial charge is 0.324 e. The fourth-order valence-electron chi connectivity index (χ4n) is 1.58. The Morgan fingerprint density at radius 2 is 2.05 bits per heavy atom. The maximum Gasteiger partial charge on any atom is 0.324 e. The maximum absolute atomic E-state index is 12.0. The standard InChI is InChI=1S/C11H13NO5S2/c1-2-7(13)8-3-4-9(18-8)19(16,17)12-11(5-6-11)10(14)15/h3-4,12H,2,5-6H2,1H3,(H,14,15). The second kappa shape index (κ2) is 4.69. The van der Waals surface area contributed by atoms with Gasteiger partial charge in [0.1, 0.15) is 9.75 Å². The number of carboxylic acids is 1. The fourth-order valence-corrected chi connectivity index (χ4v) is 4.31. The SMILES string of the molecule is CCC(=O)c1ccc(S(=O)(=O)NC2(C(=O)O)CC2)s1. The van der Waals surface area contributed by atoms with E-state index in [0.29, 0.717) is 11.3 Å². The molecule has 0 amide bonds. The topological polar surface area (TPSA) is 101 Å². The number of hydrogen-bond donors (Lipinski definition) is 2. The Balaban J connectivity index is 2.23. The molecule has 0 radical (unpaired) electrons. The summed E-state index contributed by atoms with van der Waals surface area (Å²) < 4.78 is 26.3. The van der Waals surface area contributed by atoms with Crippen LogP contribution in [0.3, 0.4) is 0 Å². The lowest BCUT2D eigenvalue weighted by atomic mass is 10.3. The van der Waals surface area contributed by atoms with Crippen LogP contribution in [-0.2, 0) is 14.8 Å². The highest BCUT2D eigenvalue weighted by Crippen LogP contribution is 2.37. The number of sulfonamides is 1. The van der Waals surface area contributed by atoms with Crippen LogP contribution in [0.4, 0.5) is 0 Å². The monoisotopic (exact) mass is 303 g/mol. The largest absolute Gasteiger partial charge is 0.480 e. The van der Waals surface area contributed by atoms with Crippen LogP contribution >= 0.6 is 11.3 Å². The zero-order valence-corrected chi connectivity index (χ0v) is 11.8. The van der Waals surface area contributed by atoms with Gasteiger partial charge in [-0.05, 0) is 25.0 Å². The molecular weight excluding hydrogens is 290 g/mol. The molecule has 104 valence electrons. The van der Waals surface area contributed by atoms with Crippen molar-refractivity contribution >= 4 is 33.1 Å². The van der Waals surface area contributed by atoms with Gasteiger partial charge in [0.15, 0.2) is 5.78 Å². The lowest BCUT2D eigenvalue weighted by Gasteiger charge is -2.11. The first-order valence-corrected chi connectivity index (χ1v) is 8.01. The molecule has 1 aliphatic carbocycles. The number of Topliss-reactive ketones (excluding diaryl/α,β-unsaturated/α-hetero) is 1. The summed E-state index contributed by atoms with van der Waals surface area (Å²) in [6, 6.07) is 2.78. The van der Waals surface area contributed by atoms with Gasteiger partial charge in [-0.15, -0.1) is 11.3 Å². The molecule has 0 aromatic carbocycles. The number of aliphatic carboxylic acids is 1. The summed E-state index contributed by atoms with van der Waals surface area (Å²) in [7, 11) is -3.89. The number of hydrogen-bond acceptors (Lipinski definition) is 5. The highest BCUT2D eigenvalue weighted by molar-refractivity contribution is 7.91. The van der Waals surface area contributed by atoms with Gasteiger partial charge in [-0.25, -0.2) is 8.42 Å². The van der Waals surface area contributed by atoms with Crippen molar-refractivity contribution in [2.45, 2.75) is 35.9 Å². The van der Waals surface area contributed by atoms with Crippen molar-refractivity contribution in [3.8, 4) is 0 Å². The van der Waals surface area contributed by atoms with Crippen LogP contribution in [0, 0.1) is 0 Å². The molecular formula is C11H13NO5S2. The third kappa shape index (κ3) is 2.70. The van der Waals surface area contributed by atoms with Crippen LogP contribution in [-0.4, -0.2) is 30.8 Å². The molecule has 1 fully saturated rings. The Bertz CT molecular complexity index is 627. The minimum Gasteiger partial charge on any atom is -0.480 e. The molecule has 1 saturated carbocycles. The first kappa shape index (κ1) is 14.2. The van der Waals surface area contributed by atoms with Crippen LogP contribution < -0.4 is 4.72 Å². The van der Waals surface area contributed by atoms with Crippen LogP contribution in [0.15, 0.2) is 16.3 Å². The van der Waals surface area contributed by atoms with Crippen molar-refractivity contribution in [3.63, 3.8) is 0 Å². The van der Waals surface area contributed by atoms with Crippen molar-refractivity contribution in [1.29, 1.82) is 0 Å². The summed E-state index contributed by atoms with van der Waals surface area (Å²) in [5, 5.41) is 8.97. The minimum absolute atomic E-state index is 0.0307. The number of carbonyl (C=O) groups is 2. The van der Waals surface area contributed by atoms with E-state index >= 15 is 0 Å². The van der Waals surface area contributed by atoms with Gasteiger partial charge in [-0.2, -0.15) is 4.72 Å². The second-order valence-corrected chi connectivity index (χ2v) is 7.38. The number of carbonyl (C=O) groups excluding carboxylic acids is 1. The summed E-state index contributed by atoms with van der Waals surface area (Å²) in [5.41, 5.74) is -1.36. The van der Waals surface area contributed by atoms with Gasteiger partial charge in [-0.3, -0.25) is 9.59 Å². The average Bonchev–Trinajstić information content (AvgIpc) is 2.94. The lowest BCUT2D eigenvalue weighted by molar-refractivity contribution is -0.140. The quantitative estimate of drug-likeness (QED) is 0.770. The number of carboxylic acid groups (broad SMARTS) is 1. The van der Waals surface area contributed by atoms with E-state index < -0.39 is 21.5 Å². The van der Waals surface area contributed by atoms with Crippen molar-refractivity contribution in [1.82, 2.24) is 4.72 Å². The molecule has 0 bridgehead atoms. The number of rotatable bonds is 6. The lowest BCUT2D eigenvalue weighted by Crippen LogP contribution is -2.42. The number of thiophene rings is 1. The van der Waals surface area contributed by atoms with Crippen LogP contribution in [0.2, 0.25) is 0 Å². The van der Waals surface area contributed by atoms with E-state index in [1.54, 1.807) is 6.92 Å². The third-order valence-corrected chi connectivity index (χ3v) is 6.09. The maximum atomic E-state index is 12.0. The van der Waals surface area contributed by atoms with E-state index in [1.807, 2.05) is 0 Å². The first-order valence-electron chi connectivity index (χ1n) is 5.71. The molecule has 0 unspecified atom stereocenters. The van der Waals surface area contributed by atoms with Crippen molar-refractivity contribution in [2.24, 2.45) is 0 Å². The molecule has 0 atom stereocenters.